The van der Waals surface area contributed by atoms with Crippen molar-refractivity contribution in [3.8, 4) is 0 Å². The molecule has 170 valence electrons. The maximum atomic E-state index is 12.8. The van der Waals surface area contributed by atoms with E-state index in [-0.39, 0.29) is 11.8 Å². The first-order valence-electron chi connectivity index (χ1n) is 11.1. The Morgan fingerprint density at radius 1 is 1.09 bits per heavy atom. The SMILES string of the molecule is Cc1ccc(CNC(=O)C2CCCN(c3ccnc(Nc4ccc(C(N)=O)cc4)n3)C2)cc1. The second-order valence-corrected chi connectivity index (χ2v) is 8.29. The van der Waals surface area contributed by atoms with Crippen molar-refractivity contribution >= 4 is 29.3 Å². The van der Waals surface area contributed by atoms with E-state index in [4.69, 9.17) is 5.73 Å². The molecular weight excluding hydrogens is 416 g/mol. The van der Waals surface area contributed by atoms with Gasteiger partial charge in [-0.3, -0.25) is 9.59 Å². The zero-order valence-electron chi connectivity index (χ0n) is 18.6. The molecule has 33 heavy (non-hydrogen) atoms. The second-order valence-electron chi connectivity index (χ2n) is 8.29. The number of piperidine rings is 1. The van der Waals surface area contributed by atoms with Gasteiger partial charge in [0.15, 0.2) is 0 Å². The third-order valence-corrected chi connectivity index (χ3v) is 5.77. The predicted octanol–water partition coefficient (Wildman–Crippen LogP) is 3.16. The zero-order chi connectivity index (χ0) is 23.2. The fourth-order valence-electron chi connectivity index (χ4n) is 3.87. The molecule has 0 bridgehead atoms. The molecule has 2 amide bonds. The van der Waals surface area contributed by atoms with Crippen molar-refractivity contribution in [3.05, 3.63) is 77.5 Å². The molecule has 2 heterocycles. The number of nitrogens with one attached hydrogen (secondary N) is 2. The highest BCUT2D eigenvalue weighted by molar-refractivity contribution is 5.93. The summed E-state index contributed by atoms with van der Waals surface area (Å²) in [6.45, 7) is 4.04. The van der Waals surface area contributed by atoms with E-state index in [1.54, 1.807) is 30.5 Å². The smallest absolute Gasteiger partial charge is 0.248 e. The van der Waals surface area contributed by atoms with Crippen LogP contribution in [0.3, 0.4) is 0 Å². The average molecular weight is 445 g/mol. The normalized spacial score (nSPS) is 15.7. The van der Waals surface area contributed by atoms with Crippen LogP contribution in [0.4, 0.5) is 17.5 Å². The molecule has 1 atom stereocenters. The van der Waals surface area contributed by atoms with Gasteiger partial charge in [-0.05, 0) is 55.7 Å². The van der Waals surface area contributed by atoms with E-state index in [0.717, 1.165) is 36.5 Å². The summed E-state index contributed by atoms with van der Waals surface area (Å²) in [5.41, 5.74) is 8.78. The van der Waals surface area contributed by atoms with Crippen LogP contribution < -0.4 is 21.3 Å². The van der Waals surface area contributed by atoms with E-state index in [1.807, 2.05) is 25.1 Å². The maximum absolute atomic E-state index is 12.8. The van der Waals surface area contributed by atoms with Crippen molar-refractivity contribution < 1.29 is 9.59 Å². The quantitative estimate of drug-likeness (QED) is 0.516. The molecule has 1 aliphatic heterocycles. The van der Waals surface area contributed by atoms with Crippen LogP contribution in [-0.4, -0.2) is 34.9 Å². The van der Waals surface area contributed by atoms with Crippen molar-refractivity contribution in [1.29, 1.82) is 0 Å². The second kappa shape index (κ2) is 10.1. The minimum absolute atomic E-state index is 0.0715. The Bertz CT molecular complexity index is 1110. The summed E-state index contributed by atoms with van der Waals surface area (Å²) in [5, 5.41) is 6.22. The van der Waals surface area contributed by atoms with E-state index in [9.17, 15) is 9.59 Å². The number of carbonyl (C=O) groups excluding carboxylic acids is 2. The van der Waals surface area contributed by atoms with Gasteiger partial charge in [-0.1, -0.05) is 29.8 Å². The fourth-order valence-corrected chi connectivity index (χ4v) is 3.87. The van der Waals surface area contributed by atoms with Gasteiger partial charge in [-0.15, -0.1) is 0 Å². The van der Waals surface area contributed by atoms with Gasteiger partial charge in [-0.2, -0.15) is 4.98 Å². The molecule has 1 aliphatic rings. The Morgan fingerprint density at radius 2 is 1.85 bits per heavy atom. The van der Waals surface area contributed by atoms with E-state index in [1.165, 1.54) is 5.56 Å². The summed E-state index contributed by atoms with van der Waals surface area (Å²) in [5.74, 6) is 0.740. The standard InChI is InChI=1S/C25H28N6O2/c1-17-4-6-18(7-5-17)15-28-24(33)20-3-2-14-31(16-20)22-12-13-27-25(30-22)29-21-10-8-19(9-11-21)23(26)32/h4-13,20H,2-3,14-16H2,1H3,(H2,26,32)(H,28,33)(H,27,29,30). The van der Waals surface area contributed by atoms with Crippen LogP contribution in [0.5, 0.6) is 0 Å². The number of carbonyl (C=O) groups is 2. The van der Waals surface area contributed by atoms with Crippen LogP contribution in [0.2, 0.25) is 0 Å². The van der Waals surface area contributed by atoms with Crippen LogP contribution >= 0.6 is 0 Å². The van der Waals surface area contributed by atoms with Gasteiger partial charge >= 0.3 is 0 Å². The van der Waals surface area contributed by atoms with Crippen LogP contribution in [0, 0.1) is 12.8 Å². The zero-order valence-corrected chi connectivity index (χ0v) is 18.6. The Kier molecular flexibility index (Phi) is 6.83. The highest BCUT2D eigenvalue weighted by Gasteiger charge is 2.26. The van der Waals surface area contributed by atoms with Gasteiger partial charge in [0.25, 0.3) is 0 Å². The lowest BCUT2D eigenvalue weighted by Crippen LogP contribution is -2.43. The lowest BCUT2D eigenvalue weighted by atomic mass is 9.97. The van der Waals surface area contributed by atoms with E-state index in [0.29, 0.717) is 24.6 Å². The minimum Gasteiger partial charge on any atom is -0.366 e. The third kappa shape index (κ3) is 5.85. The molecule has 1 unspecified atom stereocenters. The molecule has 4 N–H and O–H groups in total. The molecule has 0 saturated carbocycles. The highest BCUT2D eigenvalue weighted by Crippen LogP contribution is 2.23. The molecule has 1 aromatic heterocycles. The average Bonchev–Trinajstić information content (AvgIpc) is 2.84. The topological polar surface area (TPSA) is 113 Å². The van der Waals surface area contributed by atoms with Crippen molar-refractivity contribution in [2.45, 2.75) is 26.3 Å². The van der Waals surface area contributed by atoms with Crippen LogP contribution in [0.15, 0.2) is 60.8 Å². The molecule has 0 spiro atoms. The molecule has 1 saturated heterocycles. The lowest BCUT2D eigenvalue weighted by molar-refractivity contribution is -0.125. The summed E-state index contributed by atoms with van der Waals surface area (Å²) >= 11 is 0. The van der Waals surface area contributed by atoms with E-state index in [2.05, 4.69) is 37.6 Å². The fraction of sp³-hybridized carbons (Fsp3) is 0.280. The van der Waals surface area contributed by atoms with Crippen molar-refractivity contribution in [2.24, 2.45) is 11.7 Å². The van der Waals surface area contributed by atoms with Gasteiger partial charge < -0.3 is 21.3 Å². The summed E-state index contributed by atoms with van der Waals surface area (Å²) < 4.78 is 0. The minimum atomic E-state index is -0.470. The van der Waals surface area contributed by atoms with Crippen molar-refractivity contribution in [3.63, 3.8) is 0 Å². The number of aryl methyl sites for hydroxylation is 1. The van der Waals surface area contributed by atoms with Crippen LogP contribution in [-0.2, 0) is 11.3 Å². The third-order valence-electron chi connectivity index (χ3n) is 5.77. The number of primary amides is 1. The van der Waals surface area contributed by atoms with Gasteiger partial charge in [0.1, 0.15) is 5.82 Å². The van der Waals surface area contributed by atoms with Gasteiger partial charge in [-0.25, -0.2) is 4.98 Å². The Labute approximate surface area is 193 Å². The van der Waals surface area contributed by atoms with Gasteiger partial charge in [0, 0.05) is 37.1 Å². The molecule has 2 aromatic carbocycles. The molecule has 8 heteroatoms. The van der Waals surface area contributed by atoms with Gasteiger partial charge in [0.2, 0.25) is 17.8 Å². The molecular formula is C25H28N6O2. The van der Waals surface area contributed by atoms with Crippen molar-refractivity contribution in [1.82, 2.24) is 15.3 Å². The largest absolute Gasteiger partial charge is 0.366 e. The maximum Gasteiger partial charge on any atom is 0.248 e. The summed E-state index contributed by atoms with van der Waals surface area (Å²) in [6.07, 6.45) is 3.48. The molecule has 0 radical (unpaired) electrons. The summed E-state index contributed by atoms with van der Waals surface area (Å²) in [7, 11) is 0. The van der Waals surface area contributed by atoms with Crippen LogP contribution in [0.25, 0.3) is 0 Å². The molecule has 8 nitrogen and oxygen atoms in total. The number of benzene rings is 2. The van der Waals surface area contributed by atoms with Gasteiger partial charge in [0.05, 0.1) is 5.92 Å². The predicted molar refractivity (Wildman–Crippen MR) is 128 cm³/mol. The lowest BCUT2D eigenvalue weighted by Gasteiger charge is -2.33. The summed E-state index contributed by atoms with van der Waals surface area (Å²) in [4.78, 5) is 35.1. The Morgan fingerprint density at radius 3 is 2.58 bits per heavy atom. The number of nitrogens with two attached hydrogens (primary N) is 1. The molecule has 4 rings (SSSR count). The highest BCUT2D eigenvalue weighted by atomic mass is 16.2. The number of nitrogens with zero attached hydrogens (tertiary/aromatic N) is 3. The molecule has 0 aliphatic carbocycles. The Hall–Kier alpha value is -3.94. The molecule has 1 fully saturated rings. The monoisotopic (exact) mass is 444 g/mol. The number of rotatable bonds is 7. The van der Waals surface area contributed by atoms with Crippen LogP contribution in [0.1, 0.15) is 34.3 Å². The first kappa shape index (κ1) is 22.3. The first-order chi connectivity index (χ1) is 16.0. The Balaban J connectivity index is 1.36. The number of hydrogen-bond donors (Lipinski definition) is 3. The number of amides is 2. The molecule has 3 aromatic rings. The van der Waals surface area contributed by atoms with E-state index >= 15 is 0 Å². The first-order valence-corrected chi connectivity index (χ1v) is 11.1. The number of anilines is 3. The number of hydrogen-bond acceptors (Lipinski definition) is 6. The number of aromatic nitrogens is 2. The van der Waals surface area contributed by atoms with Crippen molar-refractivity contribution in [2.75, 3.05) is 23.3 Å². The van der Waals surface area contributed by atoms with E-state index < -0.39 is 5.91 Å². The summed E-state index contributed by atoms with van der Waals surface area (Å²) in [6, 6.07) is 16.9.